The lowest BCUT2D eigenvalue weighted by Crippen LogP contribution is -2.38. The van der Waals surface area contributed by atoms with Crippen LogP contribution >= 0.6 is 0 Å². The molecule has 0 bridgehead atoms. The highest BCUT2D eigenvalue weighted by Gasteiger charge is 2.29. The number of piperidine rings is 1. The molecule has 1 aliphatic rings. The maximum atomic E-state index is 13.1. The number of rotatable bonds is 2. The Morgan fingerprint density at radius 3 is 2.70 bits per heavy atom. The molecule has 1 N–H and O–H groups in total. The molecule has 5 heterocycles. The first-order valence-electron chi connectivity index (χ1n) is 10.4. The first-order valence-corrected chi connectivity index (χ1v) is 10.4. The molecule has 0 saturated carbocycles. The van der Waals surface area contributed by atoms with Crippen LogP contribution in [0.3, 0.4) is 0 Å². The van der Waals surface area contributed by atoms with Crippen LogP contribution in [-0.4, -0.2) is 53.7 Å². The second kappa shape index (κ2) is 6.90. The predicted octanol–water partition coefficient (Wildman–Crippen LogP) is 3.32. The van der Waals surface area contributed by atoms with E-state index in [-0.39, 0.29) is 17.2 Å². The zero-order valence-electron chi connectivity index (χ0n) is 17.5. The minimum absolute atomic E-state index is 0.0420. The van der Waals surface area contributed by atoms with Gasteiger partial charge in [-0.1, -0.05) is 20.8 Å². The van der Waals surface area contributed by atoms with Gasteiger partial charge in [0.25, 0.3) is 5.91 Å². The summed E-state index contributed by atoms with van der Waals surface area (Å²) in [7, 11) is 0. The fourth-order valence-corrected chi connectivity index (χ4v) is 4.10. The van der Waals surface area contributed by atoms with E-state index in [1.165, 1.54) is 0 Å². The Bertz CT molecular complexity index is 1230. The summed E-state index contributed by atoms with van der Waals surface area (Å²) in [4.78, 5) is 22.4. The Hall–Kier alpha value is -3.29. The van der Waals surface area contributed by atoms with Gasteiger partial charge in [0.1, 0.15) is 5.65 Å². The topological polar surface area (TPSA) is 92.1 Å². The molecule has 0 aliphatic carbocycles. The summed E-state index contributed by atoms with van der Waals surface area (Å²) in [6, 6.07) is 7.78. The van der Waals surface area contributed by atoms with Crippen molar-refractivity contribution in [1.29, 1.82) is 0 Å². The molecule has 0 spiro atoms. The van der Waals surface area contributed by atoms with Crippen LogP contribution in [0.5, 0.6) is 0 Å². The van der Waals surface area contributed by atoms with Crippen molar-refractivity contribution in [3.05, 3.63) is 53.7 Å². The summed E-state index contributed by atoms with van der Waals surface area (Å²) in [5.41, 5.74) is 3.16. The van der Waals surface area contributed by atoms with Crippen LogP contribution in [0, 0.1) is 0 Å². The number of carbonyl (C=O) groups is 1. The quantitative estimate of drug-likeness (QED) is 0.554. The number of hydrogen-bond acceptors (Lipinski definition) is 5. The van der Waals surface area contributed by atoms with Crippen molar-refractivity contribution in [2.75, 3.05) is 13.1 Å². The van der Waals surface area contributed by atoms with Crippen LogP contribution < -0.4 is 0 Å². The summed E-state index contributed by atoms with van der Waals surface area (Å²) in [5, 5.41) is 14.4. The molecule has 4 aromatic rings. The largest absolute Gasteiger partial charge is 0.345 e. The lowest BCUT2D eigenvalue weighted by atomic mass is 9.92. The molecular formula is C22H25N7O. The van der Waals surface area contributed by atoms with Crippen molar-refractivity contribution in [3.8, 4) is 0 Å². The van der Waals surface area contributed by atoms with E-state index in [1.807, 2.05) is 33.7 Å². The van der Waals surface area contributed by atoms with Gasteiger partial charge in [-0.2, -0.15) is 9.61 Å². The van der Waals surface area contributed by atoms with Gasteiger partial charge in [0.2, 0.25) is 0 Å². The first-order chi connectivity index (χ1) is 14.4. The van der Waals surface area contributed by atoms with Crippen LogP contribution in [-0.2, 0) is 5.41 Å². The molecule has 154 valence electrons. The average Bonchev–Trinajstić information content (AvgIpc) is 3.36. The van der Waals surface area contributed by atoms with Crippen LogP contribution in [0.4, 0.5) is 0 Å². The molecule has 8 heteroatoms. The van der Waals surface area contributed by atoms with Crippen LogP contribution in [0.2, 0.25) is 0 Å². The molecule has 0 radical (unpaired) electrons. The van der Waals surface area contributed by atoms with Crippen molar-refractivity contribution in [2.24, 2.45) is 0 Å². The Morgan fingerprint density at radius 2 is 1.93 bits per heavy atom. The van der Waals surface area contributed by atoms with Gasteiger partial charge >= 0.3 is 0 Å². The summed E-state index contributed by atoms with van der Waals surface area (Å²) < 4.78 is 1.88. The van der Waals surface area contributed by atoms with Crippen LogP contribution in [0.15, 0.2) is 36.7 Å². The summed E-state index contributed by atoms with van der Waals surface area (Å²) in [6.07, 6.45) is 5.17. The van der Waals surface area contributed by atoms with Gasteiger partial charge in [0, 0.05) is 42.2 Å². The summed E-state index contributed by atoms with van der Waals surface area (Å²) >= 11 is 0. The maximum absolute atomic E-state index is 13.1. The van der Waals surface area contributed by atoms with Crippen molar-refractivity contribution >= 4 is 22.6 Å². The fraction of sp³-hybridized carbons (Fsp3) is 0.409. The predicted molar refractivity (Wildman–Crippen MR) is 113 cm³/mol. The zero-order valence-corrected chi connectivity index (χ0v) is 17.5. The third kappa shape index (κ3) is 3.12. The van der Waals surface area contributed by atoms with Crippen molar-refractivity contribution in [2.45, 2.75) is 44.9 Å². The summed E-state index contributed by atoms with van der Waals surface area (Å²) in [6.45, 7) is 7.81. The number of likely N-dealkylation sites (tertiary alicyclic amines) is 1. The molecule has 1 fully saturated rings. The molecule has 1 aliphatic heterocycles. The average molecular weight is 403 g/mol. The van der Waals surface area contributed by atoms with E-state index in [4.69, 9.17) is 5.10 Å². The highest BCUT2D eigenvalue weighted by molar-refractivity contribution is 6.05. The van der Waals surface area contributed by atoms with Gasteiger partial charge in [-0.25, -0.2) is 4.98 Å². The normalized spacial score (nSPS) is 15.9. The standard InChI is InChI=1S/C22H25N7O/c1-22(2,3)17-6-7-18-25-26-20(29(18)27-17)14-8-11-28(12-9-14)21(30)16-13-24-19-15(16)5-4-10-23-19/h4-7,10,13-14H,8-9,11-12H2,1-3H3,(H,23,24). The number of H-pyrrole nitrogens is 1. The Morgan fingerprint density at radius 1 is 1.13 bits per heavy atom. The van der Waals surface area contributed by atoms with E-state index in [0.29, 0.717) is 18.7 Å². The van der Waals surface area contributed by atoms with Crippen LogP contribution in [0.25, 0.3) is 16.7 Å². The molecule has 30 heavy (non-hydrogen) atoms. The van der Waals surface area contributed by atoms with E-state index < -0.39 is 0 Å². The van der Waals surface area contributed by atoms with Crippen molar-refractivity contribution in [1.82, 2.24) is 34.7 Å². The number of aromatic amines is 1. The highest BCUT2D eigenvalue weighted by Crippen LogP contribution is 2.29. The number of nitrogens with one attached hydrogen (secondary N) is 1. The number of amides is 1. The minimum atomic E-state index is -0.0420. The monoisotopic (exact) mass is 403 g/mol. The van der Waals surface area contributed by atoms with Gasteiger partial charge < -0.3 is 9.88 Å². The lowest BCUT2D eigenvalue weighted by Gasteiger charge is -2.31. The molecule has 4 aromatic heterocycles. The number of hydrogen-bond donors (Lipinski definition) is 1. The maximum Gasteiger partial charge on any atom is 0.256 e. The molecule has 0 aromatic carbocycles. The molecule has 0 unspecified atom stereocenters. The van der Waals surface area contributed by atoms with Gasteiger partial charge in [0.15, 0.2) is 11.5 Å². The van der Waals surface area contributed by atoms with E-state index in [2.05, 4.69) is 40.9 Å². The van der Waals surface area contributed by atoms with E-state index in [0.717, 1.165) is 41.0 Å². The Labute approximate surface area is 174 Å². The van der Waals surface area contributed by atoms with E-state index in [1.54, 1.807) is 12.4 Å². The Balaban J connectivity index is 1.35. The van der Waals surface area contributed by atoms with Gasteiger partial charge in [-0.3, -0.25) is 4.79 Å². The number of aromatic nitrogens is 6. The first kappa shape index (κ1) is 18.7. The SMILES string of the molecule is CC(C)(C)c1ccc2nnc(C3CCN(C(=O)c4c[nH]c5ncccc45)CC3)n2n1. The third-order valence-electron chi connectivity index (χ3n) is 5.88. The van der Waals surface area contributed by atoms with E-state index in [9.17, 15) is 4.79 Å². The minimum Gasteiger partial charge on any atom is -0.345 e. The zero-order chi connectivity index (χ0) is 20.9. The second-order valence-corrected chi connectivity index (χ2v) is 8.97. The molecule has 5 rings (SSSR count). The molecule has 8 nitrogen and oxygen atoms in total. The lowest BCUT2D eigenvalue weighted by molar-refractivity contribution is 0.0712. The van der Waals surface area contributed by atoms with E-state index >= 15 is 0 Å². The molecular weight excluding hydrogens is 378 g/mol. The molecule has 1 saturated heterocycles. The van der Waals surface area contributed by atoms with Gasteiger partial charge in [0.05, 0.1) is 11.3 Å². The number of fused-ring (bicyclic) bond motifs is 2. The number of pyridine rings is 1. The smallest absolute Gasteiger partial charge is 0.256 e. The second-order valence-electron chi connectivity index (χ2n) is 8.97. The Kier molecular flexibility index (Phi) is 4.30. The number of carbonyl (C=O) groups excluding carboxylic acids is 1. The van der Waals surface area contributed by atoms with Crippen LogP contribution in [0.1, 0.15) is 61.4 Å². The van der Waals surface area contributed by atoms with Gasteiger partial charge in [-0.15, -0.1) is 10.2 Å². The fourth-order valence-electron chi connectivity index (χ4n) is 4.10. The molecule has 1 amide bonds. The van der Waals surface area contributed by atoms with Gasteiger partial charge in [-0.05, 0) is 37.1 Å². The number of nitrogens with zero attached hydrogens (tertiary/aromatic N) is 6. The van der Waals surface area contributed by atoms with Crippen molar-refractivity contribution < 1.29 is 4.79 Å². The highest BCUT2D eigenvalue weighted by atomic mass is 16.2. The third-order valence-corrected chi connectivity index (χ3v) is 5.88. The van der Waals surface area contributed by atoms with Crippen molar-refractivity contribution in [3.63, 3.8) is 0 Å². The summed E-state index contributed by atoms with van der Waals surface area (Å²) in [5.74, 6) is 1.17. The molecule has 0 atom stereocenters.